The zero-order chi connectivity index (χ0) is 38.6. The lowest BCUT2D eigenvalue weighted by molar-refractivity contribution is 0.668. The van der Waals surface area contributed by atoms with E-state index in [0.717, 1.165) is 99.7 Å². The first-order chi connectivity index (χ1) is 29.2. The summed E-state index contributed by atoms with van der Waals surface area (Å²) in [4.78, 5) is 2.34. The van der Waals surface area contributed by atoms with E-state index < -0.39 is 0 Å². The molecule has 4 heterocycles. The van der Waals surface area contributed by atoms with E-state index in [-0.39, 0.29) is 0 Å². The summed E-state index contributed by atoms with van der Waals surface area (Å²) in [6, 6.07) is 66.5. The monoisotopic (exact) mass is 773 g/mol. The van der Waals surface area contributed by atoms with Gasteiger partial charge in [0.25, 0.3) is 0 Å². The van der Waals surface area contributed by atoms with Gasteiger partial charge in [0, 0.05) is 58.5 Å². The van der Waals surface area contributed by atoms with Crippen LogP contribution in [0.5, 0.6) is 0 Å². The molecule has 59 heavy (non-hydrogen) atoms. The van der Waals surface area contributed by atoms with Crippen LogP contribution in [0, 0.1) is 0 Å². The van der Waals surface area contributed by atoms with E-state index in [2.05, 4.69) is 169 Å². The Morgan fingerprint density at radius 2 is 0.898 bits per heavy atom. The van der Waals surface area contributed by atoms with Gasteiger partial charge in [0.15, 0.2) is 0 Å². The van der Waals surface area contributed by atoms with Crippen molar-refractivity contribution in [2.45, 2.75) is 0 Å². The van der Waals surface area contributed by atoms with Gasteiger partial charge in [0.1, 0.15) is 33.5 Å². The van der Waals surface area contributed by atoms with Crippen LogP contribution in [-0.4, -0.2) is 0 Å². The molecule has 0 aliphatic heterocycles. The van der Waals surface area contributed by atoms with Crippen LogP contribution in [0.3, 0.4) is 0 Å². The number of benzene rings is 9. The normalized spacial score (nSPS) is 12.1. The molecule has 5 heteroatoms. The standard InChI is InChI=1S/C54H31NO3S/c1-4-14-44-38(9-1)39-28-23-34(31-49(39)57-44)32-19-24-35(25-20-32)55(43-13-8-17-46-51(43)42-11-2-5-15-45(42)56-46)36-26-21-33(22-27-36)37-12-7-16-47-52(37)53-48(58-47)30-29-41-40-10-3-6-18-50(40)59-54(41)53/h1-31H. The van der Waals surface area contributed by atoms with E-state index in [9.17, 15) is 0 Å². The molecule has 0 spiro atoms. The van der Waals surface area contributed by atoms with Gasteiger partial charge in [0.2, 0.25) is 0 Å². The molecule has 0 radical (unpaired) electrons. The van der Waals surface area contributed by atoms with Crippen molar-refractivity contribution in [3.8, 4) is 22.3 Å². The van der Waals surface area contributed by atoms with Crippen molar-refractivity contribution in [2.24, 2.45) is 0 Å². The molecule has 0 amide bonds. The number of nitrogens with zero attached hydrogens (tertiary/aromatic N) is 1. The smallest absolute Gasteiger partial charge is 0.137 e. The Bertz CT molecular complexity index is 3790. The van der Waals surface area contributed by atoms with Crippen molar-refractivity contribution in [2.75, 3.05) is 4.90 Å². The van der Waals surface area contributed by atoms with Crippen molar-refractivity contribution >= 4 is 114 Å². The second-order valence-electron chi connectivity index (χ2n) is 15.2. The molecule has 276 valence electrons. The third kappa shape index (κ3) is 4.89. The van der Waals surface area contributed by atoms with Gasteiger partial charge in [-0.2, -0.15) is 0 Å². The molecule has 0 fully saturated rings. The zero-order valence-corrected chi connectivity index (χ0v) is 32.3. The summed E-state index contributed by atoms with van der Waals surface area (Å²) in [5.74, 6) is 0. The lowest BCUT2D eigenvalue weighted by Crippen LogP contribution is -2.10. The average Bonchev–Trinajstić information content (AvgIpc) is 4.06. The van der Waals surface area contributed by atoms with Gasteiger partial charge in [0.05, 0.1) is 11.1 Å². The van der Waals surface area contributed by atoms with Crippen molar-refractivity contribution in [1.29, 1.82) is 0 Å². The summed E-state index contributed by atoms with van der Waals surface area (Å²) in [7, 11) is 0. The highest BCUT2D eigenvalue weighted by molar-refractivity contribution is 7.26. The molecule has 0 N–H and O–H groups in total. The Morgan fingerprint density at radius 1 is 0.339 bits per heavy atom. The minimum atomic E-state index is 0.854. The fourth-order valence-corrected chi connectivity index (χ4v) is 10.4. The van der Waals surface area contributed by atoms with Crippen LogP contribution in [0.1, 0.15) is 0 Å². The number of furan rings is 3. The van der Waals surface area contributed by atoms with Crippen molar-refractivity contribution in [3.05, 3.63) is 188 Å². The van der Waals surface area contributed by atoms with Gasteiger partial charge < -0.3 is 18.2 Å². The summed E-state index contributed by atoms with van der Waals surface area (Å²) in [6.07, 6.45) is 0. The highest BCUT2D eigenvalue weighted by Gasteiger charge is 2.21. The molecule has 0 aliphatic carbocycles. The maximum absolute atomic E-state index is 6.53. The molecular weight excluding hydrogens is 743 g/mol. The van der Waals surface area contributed by atoms with Crippen LogP contribution in [0.25, 0.3) is 108 Å². The first-order valence-electron chi connectivity index (χ1n) is 19.8. The molecule has 4 aromatic heterocycles. The molecule has 0 saturated heterocycles. The summed E-state index contributed by atoms with van der Waals surface area (Å²) < 4.78 is 21.7. The second-order valence-corrected chi connectivity index (χ2v) is 16.2. The van der Waals surface area contributed by atoms with Gasteiger partial charge >= 0.3 is 0 Å². The Hall–Kier alpha value is -7.60. The fourth-order valence-electron chi connectivity index (χ4n) is 9.19. The van der Waals surface area contributed by atoms with Crippen LogP contribution in [0.4, 0.5) is 17.1 Å². The number of anilines is 3. The second kappa shape index (κ2) is 12.4. The predicted molar refractivity (Wildman–Crippen MR) is 247 cm³/mol. The van der Waals surface area contributed by atoms with Gasteiger partial charge in [-0.25, -0.2) is 0 Å². The number of thiophene rings is 1. The van der Waals surface area contributed by atoms with E-state index in [0.29, 0.717) is 0 Å². The van der Waals surface area contributed by atoms with E-state index in [1.54, 1.807) is 0 Å². The molecule has 0 aliphatic rings. The van der Waals surface area contributed by atoms with Gasteiger partial charge in [-0.3, -0.25) is 0 Å². The Kier molecular flexibility index (Phi) is 6.85. The lowest BCUT2D eigenvalue weighted by Gasteiger charge is -2.26. The number of hydrogen-bond acceptors (Lipinski definition) is 5. The molecule has 0 atom stereocenters. The topological polar surface area (TPSA) is 42.7 Å². The Morgan fingerprint density at radius 3 is 1.71 bits per heavy atom. The number of para-hydroxylation sites is 2. The summed E-state index contributed by atoms with van der Waals surface area (Å²) in [6.45, 7) is 0. The first-order valence-corrected chi connectivity index (χ1v) is 20.6. The number of fused-ring (bicyclic) bond motifs is 13. The van der Waals surface area contributed by atoms with Crippen LogP contribution in [0.2, 0.25) is 0 Å². The van der Waals surface area contributed by atoms with Gasteiger partial charge in [-0.1, -0.05) is 103 Å². The molecule has 0 bridgehead atoms. The van der Waals surface area contributed by atoms with E-state index >= 15 is 0 Å². The summed E-state index contributed by atoms with van der Waals surface area (Å²) in [5, 5.41) is 9.30. The number of hydrogen-bond donors (Lipinski definition) is 0. The summed E-state index contributed by atoms with van der Waals surface area (Å²) >= 11 is 1.84. The average molecular weight is 774 g/mol. The third-order valence-corrected chi connectivity index (χ3v) is 13.1. The summed E-state index contributed by atoms with van der Waals surface area (Å²) in [5.41, 5.74) is 13.0. The lowest BCUT2D eigenvalue weighted by atomic mass is 9.98. The van der Waals surface area contributed by atoms with Crippen LogP contribution in [0.15, 0.2) is 201 Å². The highest BCUT2D eigenvalue weighted by atomic mass is 32.1. The molecular formula is C54H31NO3S. The van der Waals surface area contributed by atoms with Crippen LogP contribution < -0.4 is 4.90 Å². The fraction of sp³-hybridized carbons (Fsp3) is 0. The molecule has 4 nitrogen and oxygen atoms in total. The predicted octanol–water partition coefficient (Wildman–Crippen LogP) is 16.6. The number of rotatable bonds is 5. The molecule has 0 unspecified atom stereocenters. The highest BCUT2D eigenvalue weighted by Crippen LogP contribution is 2.47. The van der Waals surface area contributed by atoms with Crippen molar-refractivity contribution in [1.82, 2.24) is 0 Å². The van der Waals surface area contributed by atoms with Gasteiger partial charge in [-0.15, -0.1) is 11.3 Å². The van der Waals surface area contributed by atoms with Crippen LogP contribution in [-0.2, 0) is 0 Å². The molecule has 13 rings (SSSR count). The molecule has 9 aromatic carbocycles. The quantitative estimate of drug-likeness (QED) is 0.175. The minimum Gasteiger partial charge on any atom is -0.456 e. The molecule has 13 aromatic rings. The Labute approximate surface area is 341 Å². The van der Waals surface area contributed by atoms with Crippen LogP contribution >= 0.6 is 11.3 Å². The SMILES string of the molecule is c1ccc2c(c1)oc1cc(-c3ccc(N(c4ccc(-c5cccc6oc7ccc8c9ccccc9sc8c7c56)cc4)c4cccc5oc6ccccc6c45)cc3)ccc12. The van der Waals surface area contributed by atoms with Crippen molar-refractivity contribution in [3.63, 3.8) is 0 Å². The first kappa shape index (κ1) is 32.5. The van der Waals surface area contributed by atoms with E-state index in [1.807, 2.05) is 35.6 Å². The minimum absolute atomic E-state index is 0.854. The van der Waals surface area contributed by atoms with E-state index in [4.69, 9.17) is 13.3 Å². The largest absolute Gasteiger partial charge is 0.456 e. The zero-order valence-electron chi connectivity index (χ0n) is 31.5. The maximum atomic E-state index is 6.53. The Balaban J connectivity index is 0.958. The molecule has 0 saturated carbocycles. The maximum Gasteiger partial charge on any atom is 0.137 e. The van der Waals surface area contributed by atoms with Gasteiger partial charge in [-0.05, 0) is 107 Å². The third-order valence-electron chi connectivity index (χ3n) is 11.9. The van der Waals surface area contributed by atoms with Crippen molar-refractivity contribution < 1.29 is 13.3 Å². The van der Waals surface area contributed by atoms with E-state index in [1.165, 1.54) is 25.6 Å².